The van der Waals surface area contributed by atoms with Crippen molar-refractivity contribution >= 4 is 0 Å². The van der Waals surface area contributed by atoms with Gasteiger partial charge in [-0.25, -0.2) is 8.78 Å². The molecule has 0 fully saturated rings. The van der Waals surface area contributed by atoms with Crippen molar-refractivity contribution in [2.24, 2.45) is 0 Å². The molecule has 0 aliphatic rings. The number of hydrogen-bond donors (Lipinski definition) is 1. The maximum Gasteiger partial charge on any atom is 0.165 e. The molecule has 0 aliphatic carbocycles. The number of nitrogens with one attached hydrogen (secondary N) is 1. The van der Waals surface area contributed by atoms with Crippen LogP contribution in [-0.2, 0) is 6.54 Å². The van der Waals surface area contributed by atoms with Crippen molar-refractivity contribution in [2.75, 3.05) is 6.54 Å². The maximum absolute atomic E-state index is 13.6. The van der Waals surface area contributed by atoms with E-state index in [1.165, 1.54) is 0 Å². The largest absolute Gasteiger partial charge is 0.454 e. The van der Waals surface area contributed by atoms with Gasteiger partial charge in [0.2, 0.25) is 0 Å². The summed E-state index contributed by atoms with van der Waals surface area (Å²) in [6, 6.07) is 10.5. The molecule has 106 valence electrons. The quantitative estimate of drug-likeness (QED) is 0.797. The fourth-order valence-corrected chi connectivity index (χ4v) is 1.82. The van der Waals surface area contributed by atoms with Crippen LogP contribution >= 0.6 is 0 Å². The Morgan fingerprint density at radius 2 is 1.85 bits per heavy atom. The molecule has 0 unspecified atom stereocenters. The minimum absolute atomic E-state index is 0.104. The van der Waals surface area contributed by atoms with E-state index in [0.29, 0.717) is 12.3 Å². The Bertz CT molecular complexity index is 572. The summed E-state index contributed by atoms with van der Waals surface area (Å²) in [7, 11) is 0. The Morgan fingerprint density at radius 1 is 1.05 bits per heavy atom. The Hall–Kier alpha value is -1.94. The first-order valence-corrected chi connectivity index (χ1v) is 6.62. The van der Waals surface area contributed by atoms with Gasteiger partial charge in [-0.3, -0.25) is 0 Å². The van der Waals surface area contributed by atoms with Gasteiger partial charge in [-0.15, -0.1) is 0 Å². The van der Waals surface area contributed by atoms with Crippen molar-refractivity contribution in [3.63, 3.8) is 0 Å². The molecule has 0 radical (unpaired) electrons. The van der Waals surface area contributed by atoms with Crippen LogP contribution in [0.5, 0.6) is 11.5 Å². The molecule has 0 aliphatic heterocycles. The molecule has 2 rings (SSSR count). The lowest BCUT2D eigenvalue weighted by Gasteiger charge is -2.12. The lowest BCUT2D eigenvalue weighted by Crippen LogP contribution is -2.14. The summed E-state index contributed by atoms with van der Waals surface area (Å²) in [5.41, 5.74) is 0.907. The van der Waals surface area contributed by atoms with Crippen molar-refractivity contribution in [3.8, 4) is 11.5 Å². The van der Waals surface area contributed by atoms with Crippen molar-refractivity contribution in [3.05, 3.63) is 59.7 Å². The molecule has 0 saturated heterocycles. The van der Waals surface area contributed by atoms with Crippen LogP contribution in [0.2, 0.25) is 0 Å². The Balaban J connectivity index is 2.18. The number of halogens is 2. The lowest BCUT2D eigenvalue weighted by atomic mass is 10.2. The monoisotopic (exact) mass is 277 g/mol. The number of para-hydroxylation sites is 1. The van der Waals surface area contributed by atoms with Crippen molar-refractivity contribution in [2.45, 2.75) is 19.9 Å². The lowest BCUT2D eigenvalue weighted by molar-refractivity contribution is 0.430. The molecule has 0 atom stereocenters. The summed E-state index contributed by atoms with van der Waals surface area (Å²) >= 11 is 0. The topological polar surface area (TPSA) is 21.3 Å². The van der Waals surface area contributed by atoms with Gasteiger partial charge < -0.3 is 10.1 Å². The van der Waals surface area contributed by atoms with Gasteiger partial charge in [0.15, 0.2) is 11.6 Å². The smallest absolute Gasteiger partial charge is 0.165 e. The van der Waals surface area contributed by atoms with Crippen LogP contribution in [0.1, 0.15) is 18.9 Å². The van der Waals surface area contributed by atoms with Gasteiger partial charge in [-0.05, 0) is 31.2 Å². The van der Waals surface area contributed by atoms with E-state index in [1.54, 1.807) is 12.1 Å². The highest BCUT2D eigenvalue weighted by Gasteiger charge is 2.09. The van der Waals surface area contributed by atoms with E-state index >= 15 is 0 Å². The molecule has 0 heterocycles. The van der Waals surface area contributed by atoms with E-state index in [0.717, 1.165) is 36.7 Å². The average Bonchev–Trinajstić information content (AvgIpc) is 2.45. The van der Waals surface area contributed by atoms with Crippen LogP contribution in [0.3, 0.4) is 0 Å². The highest BCUT2D eigenvalue weighted by molar-refractivity contribution is 5.38. The molecule has 2 aromatic carbocycles. The zero-order chi connectivity index (χ0) is 14.4. The summed E-state index contributed by atoms with van der Waals surface area (Å²) in [5, 5.41) is 3.26. The van der Waals surface area contributed by atoms with Gasteiger partial charge in [0, 0.05) is 18.2 Å². The highest BCUT2D eigenvalue weighted by atomic mass is 19.1. The average molecular weight is 277 g/mol. The van der Waals surface area contributed by atoms with Crippen molar-refractivity contribution < 1.29 is 13.5 Å². The number of benzene rings is 2. The molecule has 1 N–H and O–H groups in total. The van der Waals surface area contributed by atoms with Gasteiger partial charge in [0.25, 0.3) is 0 Å². The second-order valence-electron chi connectivity index (χ2n) is 4.46. The third kappa shape index (κ3) is 3.78. The van der Waals surface area contributed by atoms with Gasteiger partial charge in [-0.2, -0.15) is 0 Å². The van der Waals surface area contributed by atoms with Crippen LogP contribution in [0.15, 0.2) is 42.5 Å². The molecule has 20 heavy (non-hydrogen) atoms. The highest BCUT2D eigenvalue weighted by Crippen LogP contribution is 2.27. The van der Waals surface area contributed by atoms with Crippen LogP contribution in [0, 0.1) is 11.6 Å². The second kappa shape index (κ2) is 7.01. The summed E-state index contributed by atoms with van der Waals surface area (Å²) in [5.74, 6) is -0.681. The fourth-order valence-electron chi connectivity index (χ4n) is 1.82. The molecule has 4 heteroatoms. The zero-order valence-electron chi connectivity index (χ0n) is 11.3. The first kappa shape index (κ1) is 14.5. The van der Waals surface area contributed by atoms with Gasteiger partial charge >= 0.3 is 0 Å². The van der Waals surface area contributed by atoms with Gasteiger partial charge in [0.05, 0.1) is 0 Å². The Labute approximate surface area is 117 Å². The molecule has 0 aromatic heterocycles. The first-order valence-electron chi connectivity index (χ1n) is 6.62. The molecule has 0 bridgehead atoms. The van der Waals surface area contributed by atoms with E-state index in [9.17, 15) is 8.78 Å². The van der Waals surface area contributed by atoms with Crippen LogP contribution < -0.4 is 10.1 Å². The number of hydrogen-bond acceptors (Lipinski definition) is 2. The van der Waals surface area contributed by atoms with Crippen LogP contribution in [-0.4, -0.2) is 6.54 Å². The molecule has 2 aromatic rings. The van der Waals surface area contributed by atoms with Gasteiger partial charge in [-0.1, -0.05) is 25.1 Å². The van der Waals surface area contributed by atoms with Crippen LogP contribution in [0.4, 0.5) is 8.78 Å². The predicted octanol–water partition coefficient (Wildman–Crippen LogP) is 4.26. The van der Waals surface area contributed by atoms with Crippen molar-refractivity contribution in [1.29, 1.82) is 0 Å². The number of rotatable bonds is 6. The maximum atomic E-state index is 13.6. The third-order valence-corrected chi connectivity index (χ3v) is 2.83. The SMILES string of the molecule is CCCNCc1ccccc1Oc1cc(F)ccc1F. The molecule has 2 nitrogen and oxygen atoms in total. The molecular formula is C16H17F2NO. The van der Waals surface area contributed by atoms with E-state index in [4.69, 9.17) is 4.74 Å². The first-order chi connectivity index (χ1) is 9.70. The Morgan fingerprint density at radius 3 is 2.65 bits per heavy atom. The zero-order valence-corrected chi connectivity index (χ0v) is 11.3. The van der Waals surface area contributed by atoms with E-state index in [1.807, 2.05) is 12.1 Å². The van der Waals surface area contributed by atoms with E-state index in [2.05, 4.69) is 12.2 Å². The molecule has 0 spiro atoms. The summed E-state index contributed by atoms with van der Waals surface area (Å²) in [6.45, 7) is 3.60. The summed E-state index contributed by atoms with van der Waals surface area (Å²) in [6.07, 6.45) is 1.03. The van der Waals surface area contributed by atoms with Crippen LogP contribution in [0.25, 0.3) is 0 Å². The van der Waals surface area contributed by atoms with Gasteiger partial charge in [0.1, 0.15) is 11.6 Å². The second-order valence-corrected chi connectivity index (χ2v) is 4.46. The Kier molecular flexibility index (Phi) is 5.07. The molecule has 0 amide bonds. The molecule has 0 saturated carbocycles. The minimum atomic E-state index is -0.581. The number of ether oxygens (including phenoxy) is 1. The third-order valence-electron chi connectivity index (χ3n) is 2.83. The van der Waals surface area contributed by atoms with E-state index in [-0.39, 0.29) is 5.75 Å². The molecular weight excluding hydrogens is 260 g/mol. The normalized spacial score (nSPS) is 10.6. The van der Waals surface area contributed by atoms with Crippen molar-refractivity contribution in [1.82, 2.24) is 5.32 Å². The predicted molar refractivity (Wildman–Crippen MR) is 74.9 cm³/mol. The standard InChI is InChI=1S/C16H17F2NO/c1-2-9-19-11-12-5-3-4-6-15(12)20-16-10-13(17)7-8-14(16)18/h3-8,10,19H,2,9,11H2,1H3. The summed E-state index contributed by atoms with van der Waals surface area (Å²) in [4.78, 5) is 0. The van der Waals surface area contributed by atoms with E-state index < -0.39 is 11.6 Å². The fraction of sp³-hybridized carbons (Fsp3) is 0.250. The summed E-state index contributed by atoms with van der Waals surface area (Å²) < 4.78 is 32.2. The minimum Gasteiger partial charge on any atom is -0.454 e.